The fraction of sp³-hybridized carbons (Fsp3) is 0.250. The predicted octanol–water partition coefficient (Wildman–Crippen LogP) is 4.59. The van der Waals surface area contributed by atoms with Gasteiger partial charge in [-0.3, -0.25) is 0 Å². The van der Waals surface area contributed by atoms with E-state index in [4.69, 9.17) is 5.48 Å². The molecule has 1 aromatic rings. The molecule has 0 radical (unpaired) electrons. The maximum Gasteiger partial charge on any atom is 0.135 e. The summed E-state index contributed by atoms with van der Waals surface area (Å²) in [6, 6.07) is -0.497. The van der Waals surface area contributed by atoms with Gasteiger partial charge in [-0.1, -0.05) is 87.9 Å². The fourth-order valence-electron chi connectivity index (χ4n) is 1.03. The lowest BCUT2D eigenvalue weighted by Crippen LogP contribution is -2.41. The van der Waals surface area contributed by atoms with Gasteiger partial charge in [0.2, 0.25) is 0 Å². The van der Waals surface area contributed by atoms with E-state index in [1.807, 2.05) is 0 Å². The van der Waals surface area contributed by atoms with Crippen LogP contribution in [0.4, 0.5) is 0 Å². The Morgan fingerprint density at radius 2 is 1.25 bits per heavy atom. The zero-order valence-corrected chi connectivity index (χ0v) is 11.9. The maximum absolute atomic E-state index is 7.81. The van der Waals surface area contributed by atoms with E-state index in [0.29, 0.717) is 11.1 Å². The summed E-state index contributed by atoms with van der Waals surface area (Å²) in [7, 11) is 0. The van der Waals surface area contributed by atoms with Crippen LogP contribution >= 0.6 is 63.7 Å². The Bertz CT molecular complexity index is 453. The lowest BCUT2D eigenvalue weighted by atomic mass is 9.88. The molecule has 0 aromatic heterocycles. The first-order valence-corrected chi connectivity index (χ1v) is 6.18. The molecule has 12 heavy (non-hydrogen) atoms. The first-order chi connectivity index (χ1) is 7.14. The Kier molecular flexibility index (Phi) is 1.38. The van der Waals surface area contributed by atoms with Crippen molar-refractivity contribution in [3.05, 3.63) is 35.3 Å². The molecule has 2 rings (SSSR count). The maximum atomic E-state index is 7.81. The summed E-state index contributed by atoms with van der Waals surface area (Å²) in [5.41, 5.74) is 1.04. The summed E-state index contributed by atoms with van der Waals surface area (Å²) in [5.74, 6) is 0. The van der Waals surface area contributed by atoms with Crippen LogP contribution in [-0.4, -0.2) is 0 Å². The first kappa shape index (κ1) is 5.89. The van der Waals surface area contributed by atoms with Gasteiger partial charge < -0.3 is 0 Å². The smallest absolute Gasteiger partial charge is 0.0645 e. The Morgan fingerprint density at radius 1 is 0.917 bits per heavy atom. The Balaban J connectivity index is 2.88. The third-order valence-electron chi connectivity index (χ3n) is 1.71. The van der Waals surface area contributed by atoms with Crippen LogP contribution in [0.3, 0.4) is 0 Å². The normalized spacial score (nSPS) is 27.3. The Morgan fingerprint density at radius 3 is 1.58 bits per heavy atom. The van der Waals surface area contributed by atoms with Gasteiger partial charge in [-0.25, -0.2) is 0 Å². The van der Waals surface area contributed by atoms with E-state index in [9.17, 15) is 0 Å². The third kappa shape index (κ3) is 1.04. The van der Waals surface area contributed by atoms with Crippen LogP contribution in [0.25, 0.3) is 0 Å². The van der Waals surface area contributed by atoms with Crippen molar-refractivity contribution in [2.24, 2.45) is 0 Å². The minimum Gasteiger partial charge on any atom is -0.0645 e. The highest BCUT2D eigenvalue weighted by atomic mass is 79.9. The second-order valence-corrected chi connectivity index (χ2v) is 9.29. The molecule has 0 nitrogen and oxygen atoms in total. The third-order valence-corrected chi connectivity index (χ3v) is 7.80. The van der Waals surface area contributed by atoms with Crippen molar-refractivity contribution in [3.63, 3.8) is 0 Å². The SMILES string of the molecule is [2H]c1c([2H])c([2H])c2c(c1[2H])C(Br)(Br)C2(Br)Br. The summed E-state index contributed by atoms with van der Waals surface area (Å²) in [6.07, 6.45) is 0. The molecule has 1 aromatic carbocycles. The molecular weight excluding hydrogens is 416 g/mol. The van der Waals surface area contributed by atoms with Crippen LogP contribution in [-0.2, 0) is 6.47 Å². The van der Waals surface area contributed by atoms with Crippen molar-refractivity contribution < 1.29 is 5.48 Å². The molecule has 0 spiro atoms. The fourth-order valence-corrected chi connectivity index (χ4v) is 3.02. The molecule has 0 atom stereocenters. The Labute approximate surface area is 110 Å². The largest absolute Gasteiger partial charge is 0.135 e. The van der Waals surface area contributed by atoms with Crippen LogP contribution in [0.15, 0.2) is 24.2 Å². The minimum atomic E-state index is -0.737. The van der Waals surface area contributed by atoms with Crippen molar-refractivity contribution in [2.45, 2.75) is 6.47 Å². The van der Waals surface area contributed by atoms with Gasteiger partial charge in [0.1, 0.15) is 6.47 Å². The summed E-state index contributed by atoms with van der Waals surface area (Å²) in [5, 5.41) is 0. The van der Waals surface area contributed by atoms with Crippen molar-refractivity contribution in [2.75, 3.05) is 0 Å². The zero-order chi connectivity index (χ0) is 12.5. The summed E-state index contributed by atoms with van der Waals surface area (Å²) < 4.78 is 29.3. The standard InChI is InChI=1S/C8H4Br4/c9-7(10)5-3-1-2-4-6(5)8(7,11)12/h1-4H/i1D,2D,3D,4D. The molecule has 0 heterocycles. The number of halogens is 4. The van der Waals surface area contributed by atoms with E-state index >= 15 is 0 Å². The number of alkyl halides is 4. The molecule has 0 aliphatic heterocycles. The van der Waals surface area contributed by atoms with E-state index in [1.54, 1.807) is 0 Å². The molecule has 0 saturated heterocycles. The zero-order valence-electron chi connectivity index (χ0n) is 9.51. The van der Waals surface area contributed by atoms with E-state index < -0.39 is 6.47 Å². The van der Waals surface area contributed by atoms with Crippen LogP contribution in [0.5, 0.6) is 0 Å². The van der Waals surface area contributed by atoms with Gasteiger partial charge >= 0.3 is 0 Å². The first-order valence-electron chi connectivity index (χ1n) is 5.01. The van der Waals surface area contributed by atoms with Gasteiger partial charge in [-0.2, -0.15) is 0 Å². The topological polar surface area (TPSA) is 0 Å². The van der Waals surface area contributed by atoms with Crippen molar-refractivity contribution in [1.29, 1.82) is 0 Å². The molecule has 0 fully saturated rings. The van der Waals surface area contributed by atoms with E-state index in [-0.39, 0.29) is 24.2 Å². The lowest BCUT2D eigenvalue weighted by Gasteiger charge is -2.46. The Hall–Kier alpha value is 1.14. The second-order valence-electron chi connectivity index (χ2n) is 2.40. The van der Waals surface area contributed by atoms with E-state index in [0.717, 1.165) is 0 Å². The monoisotopic (exact) mass is 420 g/mol. The van der Waals surface area contributed by atoms with Crippen molar-refractivity contribution in [3.8, 4) is 0 Å². The van der Waals surface area contributed by atoms with E-state index in [2.05, 4.69) is 63.7 Å². The molecule has 0 bridgehead atoms. The minimum absolute atomic E-state index is 0.0284. The highest BCUT2D eigenvalue weighted by Crippen LogP contribution is 2.70. The molecule has 0 saturated carbocycles. The molecule has 0 unspecified atom stereocenters. The number of rotatable bonds is 0. The molecular formula is C8H4Br4. The summed E-state index contributed by atoms with van der Waals surface area (Å²) >= 11 is 13.6. The quantitative estimate of drug-likeness (QED) is 0.536. The van der Waals surface area contributed by atoms with Gasteiger partial charge in [0.15, 0.2) is 0 Å². The number of benzene rings is 1. The highest BCUT2D eigenvalue weighted by Gasteiger charge is 2.58. The average Bonchev–Trinajstić information content (AvgIpc) is 2.19. The van der Waals surface area contributed by atoms with Gasteiger partial charge in [0.25, 0.3) is 0 Å². The summed E-state index contributed by atoms with van der Waals surface area (Å²) in [6.45, 7) is 0. The van der Waals surface area contributed by atoms with Crippen molar-refractivity contribution in [1.82, 2.24) is 0 Å². The molecule has 0 amide bonds. The number of hydrogen-bond donors (Lipinski definition) is 0. The molecule has 64 valence electrons. The van der Waals surface area contributed by atoms with Crippen LogP contribution in [0.2, 0.25) is 0 Å². The van der Waals surface area contributed by atoms with Crippen LogP contribution in [0.1, 0.15) is 16.6 Å². The van der Waals surface area contributed by atoms with Gasteiger partial charge in [-0.05, 0) is 11.1 Å². The second kappa shape index (κ2) is 2.81. The number of hydrogen-bond acceptors (Lipinski definition) is 0. The molecule has 1 aliphatic carbocycles. The predicted molar refractivity (Wildman–Crippen MR) is 65.5 cm³/mol. The highest BCUT2D eigenvalue weighted by molar-refractivity contribution is 9.29. The van der Waals surface area contributed by atoms with Crippen LogP contribution < -0.4 is 0 Å². The average molecular weight is 424 g/mol. The summed E-state index contributed by atoms with van der Waals surface area (Å²) in [4.78, 5) is 0. The molecule has 4 heteroatoms. The van der Waals surface area contributed by atoms with Crippen molar-refractivity contribution >= 4 is 63.7 Å². The van der Waals surface area contributed by atoms with Gasteiger partial charge in [-0.15, -0.1) is 0 Å². The number of fused-ring (bicyclic) bond motifs is 1. The molecule has 1 aliphatic rings. The lowest BCUT2D eigenvalue weighted by molar-refractivity contribution is 0.733. The molecule has 0 N–H and O–H groups in total. The van der Waals surface area contributed by atoms with Gasteiger partial charge in [0.05, 0.1) is 5.48 Å². The van der Waals surface area contributed by atoms with E-state index in [1.165, 1.54) is 0 Å². The van der Waals surface area contributed by atoms with Crippen LogP contribution in [0, 0.1) is 0 Å². The van der Waals surface area contributed by atoms with Gasteiger partial charge in [0, 0.05) is 0 Å².